The lowest BCUT2D eigenvalue weighted by molar-refractivity contribution is -0.0155. The molecule has 0 heterocycles. The first kappa shape index (κ1) is 20.1. The third-order valence-electron chi connectivity index (χ3n) is 4.47. The van der Waals surface area contributed by atoms with E-state index >= 15 is 0 Å². The molecule has 0 spiro atoms. The maximum atomic E-state index is 10.00. The van der Waals surface area contributed by atoms with Gasteiger partial charge in [-0.15, -0.1) is 0 Å². The predicted molar refractivity (Wildman–Crippen MR) is 88.5 cm³/mol. The second-order valence-corrected chi connectivity index (χ2v) is 12.2. The van der Waals surface area contributed by atoms with Crippen molar-refractivity contribution in [1.82, 2.24) is 0 Å². The number of unbranched alkanes of at least 4 members (excludes halogenated alkanes) is 4. The zero-order chi connectivity index (χ0) is 15.8. The second-order valence-electron chi connectivity index (χ2n) is 7.41. The Kier molecular flexibility index (Phi) is 9.23. The Labute approximate surface area is 126 Å². The van der Waals surface area contributed by atoms with Gasteiger partial charge in [-0.2, -0.15) is 0 Å². The van der Waals surface area contributed by atoms with Crippen LogP contribution in [0.2, 0.25) is 18.1 Å². The maximum absolute atomic E-state index is 10.00. The molecule has 0 amide bonds. The van der Waals surface area contributed by atoms with Gasteiger partial charge in [0.05, 0.1) is 12.7 Å². The monoisotopic (exact) mass is 304 g/mol. The summed E-state index contributed by atoms with van der Waals surface area (Å²) in [5.41, 5.74) is 0. The molecule has 0 aliphatic carbocycles. The van der Waals surface area contributed by atoms with Crippen LogP contribution in [0.4, 0.5) is 0 Å². The van der Waals surface area contributed by atoms with Crippen molar-refractivity contribution in [1.29, 1.82) is 0 Å². The highest BCUT2D eigenvalue weighted by Crippen LogP contribution is 2.36. The van der Waals surface area contributed by atoms with Gasteiger partial charge in [0.2, 0.25) is 0 Å². The summed E-state index contributed by atoms with van der Waals surface area (Å²) in [6.07, 6.45) is 5.10. The molecule has 0 aromatic rings. The van der Waals surface area contributed by atoms with Crippen molar-refractivity contribution in [2.45, 2.75) is 96.6 Å². The first-order valence-corrected chi connectivity index (χ1v) is 11.0. The summed E-state index contributed by atoms with van der Waals surface area (Å²) in [7, 11) is -1.83. The summed E-state index contributed by atoms with van der Waals surface area (Å²) in [6, 6.07) is 0. The van der Waals surface area contributed by atoms with Gasteiger partial charge < -0.3 is 14.6 Å². The van der Waals surface area contributed by atoms with Crippen molar-refractivity contribution in [3.63, 3.8) is 0 Å². The van der Waals surface area contributed by atoms with E-state index in [0.29, 0.717) is 6.42 Å². The molecule has 0 aromatic carbocycles. The predicted octanol–water partition coefficient (Wildman–Crippen LogP) is 4.09. The normalized spacial score (nSPS) is 16.2. The van der Waals surface area contributed by atoms with Crippen molar-refractivity contribution in [3.8, 4) is 0 Å². The van der Waals surface area contributed by atoms with Crippen LogP contribution in [0.1, 0.15) is 66.2 Å². The van der Waals surface area contributed by atoms with Gasteiger partial charge >= 0.3 is 0 Å². The molecule has 0 unspecified atom stereocenters. The Morgan fingerprint density at radius 3 is 2.00 bits per heavy atom. The van der Waals surface area contributed by atoms with E-state index in [2.05, 4.69) is 40.8 Å². The molecule has 0 fully saturated rings. The maximum Gasteiger partial charge on any atom is 0.192 e. The topological polar surface area (TPSA) is 49.7 Å². The summed E-state index contributed by atoms with van der Waals surface area (Å²) < 4.78 is 5.95. The Bertz CT molecular complexity index is 249. The lowest BCUT2D eigenvalue weighted by atomic mass is 10.1. The molecule has 0 saturated carbocycles. The van der Waals surface area contributed by atoms with Crippen LogP contribution in [0.15, 0.2) is 0 Å². The van der Waals surface area contributed by atoms with Gasteiger partial charge in [-0.25, -0.2) is 0 Å². The van der Waals surface area contributed by atoms with E-state index < -0.39 is 20.5 Å². The van der Waals surface area contributed by atoms with E-state index in [-0.39, 0.29) is 11.6 Å². The van der Waals surface area contributed by atoms with Gasteiger partial charge in [0.25, 0.3) is 0 Å². The Morgan fingerprint density at radius 1 is 0.950 bits per heavy atom. The van der Waals surface area contributed by atoms with E-state index in [0.717, 1.165) is 12.8 Å². The Morgan fingerprint density at radius 2 is 1.50 bits per heavy atom. The molecule has 0 aliphatic heterocycles. The quantitative estimate of drug-likeness (QED) is 0.472. The van der Waals surface area contributed by atoms with Crippen molar-refractivity contribution in [3.05, 3.63) is 0 Å². The Balaban J connectivity index is 3.93. The van der Waals surface area contributed by atoms with Crippen LogP contribution < -0.4 is 0 Å². The van der Waals surface area contributed by atoms with Gasteiger partial charge in [-0.3, -0.25) is 0 Å². The van der Waals surface area contributed by atoms with Crippen molar-refractivity contribution < 1.29 is 14.6 Å². The first-order valence-electron chi connectivity index (χ1n) is 8.12. The van der Waals surface area contributed by atoms with Crippen LogP contribution in [-0.4, -0.2) is 37.3 Å². The molecule has 0 rings (SSSR count). The highest BCUT2D eigenvalue weighted by Gasteiger charge is 2.37. The van der Waals surface area contributed by atoms with Crippen molar-refractivity contribution in [2.24, 2.45) is 0 Å². The van der Waals surface area contributed by atoms with E-state index in [9.17, 15) is 10.2 Å². The molecule has 0 radical (unpaired) electrons. The summed E-state index contributed by atoms with van der Waals surface area (Å²) in [5, 5.41) is 20.1. The van der Waals surface area contributed by atoms with Gasteiger partial charge in [0.15, 0.2) is 8.32 Å². The number of aliphatic hydroxyl groups is 2. The minimum atomic E-state index is -1.83. The molecular weight excluding hydrogens is 268 g/mol. The third-order valence-corrected chi connectivity index (χ3v) is 8.97. The fraction of sp³-hybridized carbons (Fsp3) is 1.00. The minimum absolute atomic E-state index is 0.137. The molecule has 2 atom stereocenters. The van der Waals surface area contributed by atoms with Crippen molar-refractivity contribution in [2.75, 3.05) is 6.61 Å². The van der Waals surface area contributed by atoms with Gasteiger partial charge in [0.1, 0.15) is 6.10 Å². The van der Waals surface area contributed by atoms with Gasteiger partial charge in [0, 0.05) is 0 Å². The van der Waals surface area contributed by atoms with Crippen LogP contribution in [-0.2, 0) is 4.43 Å². The first-order chi connectivity index (χ1) is 9.12. The van der Waals surface area contributed by atoms with E-state index in [1.165, 1.54) is 19.3 Å². The summed E-state index contributed by atoms with van der Waals surface area (Å²) >= 11 is 0. The number of hydrogen-bond acceptors (Lipinski definition) is 3. The largest absolute Gasteiger partial charge is 0.414 e. The van der Waals surface area contributed by atoms with Gasteiger partial charge in [-0.1, -0.05) is 59.8 Å². The van der Waals surface area contributed by atoms with Crippen molar-refractivity contribution >= 4 is 8.32 Å². The van der Waals surface area contributed by atoms with E-state index in [4.69, 9.17) is 4.43 Å². The molecule has 0 bridgehead atoms. The van der Waals surface area contributed by atoms with Crippen LogP contribution in [0.25, 0.3) is 0 Å². The molecule has 0 aliphatic rings. The van der Waals surface area contributed by atoms with Crippen LogP contribution in [0.5, 0.6) is 0 Å². The molecule has 20 heavy (non-hydrogen) atoms. The highest BCUT2D eigenvalue weighted by molar-refractivity contribution is 6.74. The molecule has 0 aromatic heterocycles. The Hall–Kier alpha value is 0.0969. The summed E-state index contributed by atoms with van der Waals surface area (Å²) in [6.45, 7) is 13.3. The SMILES string of the molecule is CCCCCCC[C@@H](O)[C@H](O)CO[Si](C)(C)C(C)(C)C. The van der Waals surface area contributed by atoms with Gasteiger partial charge in [-0.05, 0) is 24.6 Å². The summed E-state index contributed by atoms with van der Waals surface area (Å²) in [4.78, 5) is 0. The number of aliphatic hydroxyl groups excluding tert-OH is 2. The molecule has 4 heteroatoms. The standard InChI is InChI=1S/C16H36O3Si/c1-7-8-9-10-11-12-14(17)15(18)13-19-20(5,6)16(2,3)4/h14-15,17-18H,7-13H2,1-6H3/t14-,15-/m1/s1. The van der Waals surface area contributed by atoms with E-state index in [1.54, 1.807) is 0 Å². The molecular formula is C16H36O3Si. The van der Waals surface area contributed by atoms with Crippen LogP contribution in [0.3, 0.4) is 0 Å². The second kappa shape index (κ2) is 9.18. The lowest BCUT2D eigenvalue weighted by Gasteiger charge is -2.37. The molecule has 122 valence electrons. The zero-order valence-electron chi connectivity index (χ0n) is 14.4. The molecule has 3 nitrogen and oxygen atoms in total. The molecule has 0 saturated heterocycles. The smallest absolute Gasteiger partial charge is 0.192 e. The average molecular weight is 305 g/mol. The third kappa shape index (κ3) is 7.77. The van der Waals surface area contributed by atoms with Crippen LogP contribution >= 0.6 is 0 Å². The number of rotatable bonds is 10. The summed E-state index contributed by atoms with van der Waals surface area (Å²) in [5.74, 6) is 0. The lowest BCUT2D eigenvalue weighted by Crippen LogP contribution is -2.44. The minimum Gasteiger partial charge on any atom is -0.414 e. The average Bonchev–Trinajstić information content (AvgIpc) is 2.34. The van der Waals surface area contributed by atoms with E-state index in [1.807, 2.05) is 0 Å². The van der Waals surface area contributed by atoms with Crippen LogP contribution in [0, 0.1) is 0 Å². The fourth-order valence-electron chi connectivity index (χ4n) is 1.77. The fourth-order valence-corrected chi connectivity index (χ4v) is 2.79. The highest BCUT2D eigenvalue weighted by atomic mass is 28.4. The zero-order valence-corrected chi connectivity index (χ0v) is 15.4. The number of hydrogen-bond donors (Lipinski definition) is 2. The molecule has 2 N–H and O–H groups in total.